The van der Waals surface area contributed by atoms with E-state index in [2.05, 4.69) is 39.1 Å². The first kappa shape index (κ1) is 22.3. The third kappa shape index (κ3) is 8.25. The van der Waals surface area contributed by atoms with Crippen molar-refractivity contribution in [3.63, 3.8) is 0 Å². The van der Waals surface area contributed by atoms with Gasteiger partial charge < -0.3 is 20.7 Å². The van der Waals surface area contributed by atoms with Crippen LogP contribution in [-0.2, 0) is 17.8 Å². The Bertz CT molecular complexity index is 791. The van der Waals surface area contributed by atoms with Crippen LogP contribution in [0.25, 0.3) is 0 Å². The molecule has 0 saturated carbocycles. The van der Waals surface area contributed by atoms with Crippen molar-refractivity contribution >= 4 is 11.9 Å². The number of carbonyl (C=O) groups excluding carboxylic acids is 1. The van der Waals surface area contributed by atoms with Gasteiger partial charge in [-0.15, -0.1) is 0 Å². The minimum absolute atomic E-state index is 0.000187. The van der Waals surface area contributed by atoms with Gasteiger partial charge in [-0.05, 0) is 43.0 Å². The Labute approximate surface area is 173 Å². The van der Waals surface area contributed by atoms with Crippen LogP contribution in [0.3, 0.4) is 0 Å². The van der Waals surface area contributed by atoms with Crippen LogP contribution in [0.2, 0.25) is 0 Å². The molecule has 0 aliphatic heterocycles. The highest BCUT2D eigenvalue weighted by Crippen LogP contribution is 2.18. The van der Waals surface area contributed by atoms with Crippen molar-refractivity contribution in [2.75, 3.05) is 26.7 Å². The molecule has 0 spiro atoms. The molecule has 6 heteroatoms. The highest BCUT2D eigenvalue weighted by Gasteiger charge is 2.04. The molecule has 29 heavy (non-hydrogen) atoms. The van der Waals surface area contributed by atoms with Crippen LogP contribution in [0.15, 0.2) is 53.5 Å². The maximum Gasteiger partial charge on any atom is 0.222 e. The molecular formula is C23H32N4O2. The Morgan fingerprint density at radius 3 is 2.55 bits per heavy atom. The second kappa shape index (κ2) is 12.4. The number of amides is 1. The molecule has 6 nitrogen and oxygen atoms in total. The molecule has 156 valence electrons. The maximum absolute atomic E-state index is 12.0. The minimum atomic E-state index is 0.000187. The van der Waals surface area contributed by atoms with E-state index in [1.807, 2.05) is 44.2 Å². The summed E-state index contributed by atoms with van der Waals surface area (Å²) < 4.78 is 5.38. The fraction of sp³-hybridized carbons (Fsp3) is 0.391. The van der Waals surface area contributed by atoms with Crippen LogP contribution in [0, 0.1) is 6.92 Å². The van der Waals surface area contributed by atoms with E-state index in [9.17, 15) is 4.79 Å². The number of carbonyl (C=O) groups is 1. The Kier molecular flexibility index (Phi) is 9.55. The van der Waals surface area contributed by atoms with Gasteiger partial charge in [0, 0.05) is 26.1 Å². The van der Waals surface area contributed by atoms with E-state index in [4.69, 9.17) is 4.74 Å². The molecule has 2 aromatic rings. The number of rotatable bonds is 10. The number of benzene rings is 2. The van der Waals surface area contributed by atoms with Crippen molar-refractivity contribution in [3.05, 3.63) is 65.2 Å². The summed E-state index contributed by atoms with van der Waals surface area (Å²) in [5.74, 6) is 1.63. The van der Waals surface area contributed by atoms with Gasteiger partial charge in [0.25, 0.3) is 0 Å². The third-order valence-electron chi connectivity index (χ3n) is 4.46. The first-order valence-corrected chi connectivity index (χ1v) is 10.1. The van der Waals surface area contributed by atoms with E-state index in [1.165, 1.54) is 5.56 Å². The Morgan fingerprint density at radius 2 is 1.83 bits per heavy atom. The summed E-state index contributed by atoms with van der Waals surface area (Å²) in [4.78, 5) is 16.5. The zero-order chi connectivity index (χ0) is 20.9. The summed E-state index contributed by atoms with van der Waals surface area (Å²) in [5.41, 5.74) is 3.42. The monoisotopic (exact) mass is 396 g/mol. The van der Waals surface area contributed by atoms with Crippen LogP contribution in [0.4, 0.5) is 0 Å². The molecule has 0 bridgehead atoms. The van der Waals surface area contributed by atoms with E-state index < -0.39 is 0 Å². The highest BCUT2D eigenvalue weighted by molar-refractivity contribution is 5.80. The smallest absolute Gasteiger partial charge is 0.222 e. The second-order valence-corrected chi connectivity index (χ2v) is 6.75. The van der Waals surface area contributed by atoms with E-state index in [0.29, 0.717) is 19.5 Å². The lowest BCUT2D eigenvalue weighted by Crippen LogP contribution is -2.38. The molecule has 0 aromatic heterocycles. The fourth-order valence-electron chi connectivity index (χ4n) is 2.84. The van der Waals surface area contributed by atoms with Gasteiger partial charge in [-0.25, -0.2) is 0 Å². The lowest BCUT2D eigenvalue weighted by Gasteiger charge is -2.12. The van der Waals surface area contributed by atoms with Gasteiger partial charge in [0.15, 0.2) is 5.96 Å². The van der Waals surface area contributed by atoms with Gasteiger partial charge in [-0.1, -0.05) is 42.5 Å². The molecule has 0 heterocycles. The Hall–Kier alpha value is -3.02. The highest BCUT2D eigenvalue weighted by atomic mass is 16.5. The summed E-state index contributed by atoms with van der Waals surface area (Å²) in [6.45, 7) is 6.56. The summed E-state index contributed by atoms with van der Waals surface area (Å²) in [6.07, 6.45) is 1.22. The molecule has 2 rings (SSSR count). The van der Waals surface area contributed by atoms with E-state index >= 15 is 0 Å². The molecule has 3 N–H and O–H groups in total. The van der Waals surface area contributed by atoms with E-state index in [1.54, 1.807) is 7.11 Å². The third-order valence-corrected chi connectivity index (χ3v) is 4.46. The van der Waals surface area contributed by atoms with Gasteiger partial charge in [-0.2, -0.15) is 0 Å². The molecule has 0 saturated heterocycles. The number of methoxy groups -OCH3 is 1. The molecule has 0 aliphatic carbocycles. The SMILES string of the molecule is CCNC(=NCCC(=O)NCc1ccccc1)NCCc1ccc(C)c(OC)c1. The lowest BCUT2D eigenvalue weighted by molar-refractivity contribution is -0.121. The van der Waals surface area contributed by atoms with Crippen LogP contribution in [0.1, 0.15) is 30.0 Å². The molecular weight excluding hydrogens is 364 g/mol. The van der Waals surface area contributed by atoms with Gasteiger partial charge >= 0.3 is 0 Å². The zero-order valence-electron chi connectivity index (χ0n) is 17.6. The molecule has 0 fully saturated rings. The largest absolute Gasteiger partial charge is 0.496 e. The Balaban J connectivity index is 1.74. The number of hydrogen-bond donors (Lipinski definition) is 3. The molecule has 1 amide bonds. The lowest BCUT2D eigenvalue weighted by atomic mass is 10.1. The van der Waals surface area contributed by atoms with Crippen LogP contribution < -0.4 is 20.7 Å². The van der Waals surface area contributed by atoms with Crippen molar-refractivity contribution in [3.8, 4) is 5.75 Å². The fourth-order valence-corrected chi connectivity index (χ4v) is 2.84. The maximum atomic E-state index is 12.0. The van der Waals surface area contributed by atoms with E-state index in [0.717, 1.165) is 42.3 Å². The molecule has 0 aliphatic rings. The number of nitrogens with one attached hydrogen (secondary N) is 3. The molecule has 0 atom stereocenters. The Morgan fingerprint density at radius 1 is 1.03 bits per heavy atom. The van der Waals surface area contributed by atoms with Crippen molar-refractivity contribution in [1.29, 1.82) is 0 Å². The van der Waals surface area contributed by atoms with Crippen molar-refractivity contribution < 1.29 is 9.53 Å². The van der Waals surface area contributed by atoms with Crippen LogP contribution in [-0.4, -0.2) is 38.6 Å². The van der Waals surface area contributed by atoms with Gasteiger partial charge in [0.2, 0.25) is 5.91 Å². The van der Waals surface area contributed by atoms with Crippen molar-refractivity contribution in [2.45, 2.75) is 33.2 Å². The van der Waals surface area contributed by atoms with Crippen LogP contribution >= 0.6 is 0 Å². The first-order chi connectivity index (χ1) is 14.1. The standard InChI is InChI=1S/C23H32N4O2/c1-4-24-23(25-14-12-19-11-10-18(2)21(16-19)29-3)26-15-13-22(28)27-17-20-8-6-5-7-9-20/h5-11,16H,4,12-15,17H2,1-3H3,(H,27,28)(H2,24,25,26). The number of aryl methyl sites for hydroxylation is 1. The predicted molar refractivity (Wildman–Crippen MR) is 118 cm³/mol. The molecule has 0 unspecified atom stereocenters. The summed E-state index contributed by atoms with van der Waals surface area (Å²) >= 11 is 0. The number of hydrogen-bond acceptors (Lipinski definition) is 3. The zero-order valence-corrected chi connectivity index (χ0v) is 17.6. The number of ether oxygens (including phenoxy) is 1. The average molecular weight is 397 g/mol. The molecule has 0 radical (unpaired) electrons. The number of nitrogens with zero attached hydrogens (tertiary/aromatic N) is 1. The molecule has 2 aromatic carbocycles. The minimum Gasteiger partial charge on any atom is -0.496 e. The number of aliphatic imine (C=N–C) groups is 1. The summed E-state index contributed by atoms with van der Waals surface area (Å²) in [6, 6.07) is 16.1. The van der Waals surface area contributed by atoms with Gasteiger partial charge in [0.1, 0.15) is 5.75 Å². The average Bonchev–Trinajstić information content (AvgIpc) is 2.74. The summed E-state index contributed by atoms with van der Waals surface area (Å²) in [5, 5.41) is 9.46. The topological polar surface area (TPSA) is 74.8 Å². The first-order valence-electron chi connectivity index (χ1n) is 10.1. The quantitative estimate of drug-likeness (QED) is 0.426. The predicted octanol–water partition coefficient (Wildman–Crippen LogP) is 2.81. The van der Waals surface area contributed by atoms with Gasteiger partial charge in [0.05, 0.1) is 13.7 Å². The normalized spacial score (nSPS) is 11.1. The van der Waals surface area contributed by atoms with Crippen molar-refractivity contribution in [2.24, 2.45) is 4.99 Å². The van der Waals surface area contributed by atoms with Crippen LogP contribution in [0.5, 0.6) is 5.75 Å². The second-order valence-electron chi connectivity index (χ2n) is 6.75. The number of guanidine groups is 1. The summed E-state index contributed by atoms with van der Waals surface area (Å²) in [7, 11) is 1.69. The van der Waals surface area contributed by atoms with Gasteiger partial charge in [-0.3, -0.25) is 9.79 Å². The van der Waals surface area contributed by atoms with E-state index in [-0.39, 0.29) is 5.91 Å². The van der Waals surface area contributed by atoms with Crippen molar-refractivity contribution in [1.82, 2.24) is 16.0 Å².